The first-order chi connectivity index (χ1) is 9.15. The lowest BCUT2D eigenvalue weighted by atomic mass is 10.2. The maximum atomic E-state index is 6.03. The molecule has 0 aliphatic heterocycles. The largest absolute Gasteiger partial charge is 0.372 e. The Morgan fingerprint density at radius 1 is 1.32 bits per heavy atom. The molecule has 1 aromatic carbocycles. The maximum Gasteiger partial charge on any atom is 0.161 e. The second kappa shape index (κ2) is 6.52. The van der Waals surface area contributed by atoms with Crippen molar-refractivity contribution in [1.82, 2.24) is 9.97 Å². The third-order valence-corrected chi connectivity index (χ3v) is 4.09. The molecule has 0 amide bonds. The molecule has 0 fully saturated rings. The van der Waals surface area contributed by atoms with Crippen LogP contribution < -0.4 is 5.32 Å². The number of halogens is 2. The average Bonchev–Trinajstić information content (AvgIpc) is 2.41. The number of benzene rings is 1. The summed E-state index contributed by atoms with van der Waals surface area (Å²) < 4.78 is 1.09. The summed E-state index contributed by atoms with van der Waals surface area (Å²) in [7, 11) is 1.88. The fourth-order valence-electron chi connectivity index (χ4n) is 1.82. The summed E-state index contributed by atoms with van der Waals surface area (Å²) in [6.07, 6.45) is 2.01. The summed E-state index contributed by atoms with van der Waals surface area (Å²) in [6.45, 7) is 2.15. The minimum absolute atomic E-state index is 0.697. The first-order valence-electron chi connectivity index (χ1n) is 6.15. The Morgan fingerprint density at radius 2 is 2.11 bits per heavy atom. The second-order valence-electron chi connectivity index (χ2n) is 4.17. The molecule has 5 heteroatoms. The molecule has 0 bridgehead atoms. The molecule has 2 rings (SSSR count). The van der Waals surface area contributed by atoms with Crippen molar-refractivity contribution in [3.8, 4) is 11.4 Å². The van der Waals surface area contributed by atoms with Crippen LogP contribution in [0.15, 0.2) is 24.3 Å². The van der Waals surface area contributed by atoms with E-state index in [0.29, 0.717) is 5.02 Å². The highest BCUT2D eigenvalue weighted by Crippen LogP contribution is 2.26. The Bertz CT molecular complexity index is 587. The molecule has 0 aliphatic carbocycles. The van der Waals surface area contributed by atoms with Crippen molar-refractivity contribution >= 4 is 40.0 Å². The lowest BCUT2D eigenvalue weighted by Gasteiger charge is -2.11. The molecular weight excluding hydrogens is 373 g/mol. The van der Waals surface area contributed by atoms with Gasteiger partial charge >= 0.3 is 0 Å². The predicted octanol–water partition coefficient (Wildman–Crippen LogP) is 4.40. The smallest absolute Gasteiger partial charge is 0.161 e. The van der Waals surface area contributed by atoms with E-state index in [0.717, 1.165) is 39.3 Å². The Labute approximate surface area is 132 Å². The van der Waals surface area contributed by atoms with Gasteiger partial charge in [-0.05, 0) is 41.1 Å². The minimum Gasteiger partial charge on any atom is -0.372 e. The van der Waals surface area contributed by atoms with Crippen LogP contribution in [-0.2, 0) is 6.42 Å². The van der Waals surface area contributed by atoms with Crippen molar-refractivity contribution in [2.45, 2.75) is 19.8 Å². The van der Waals surface area contributed by atoms with E-state index >= 15 is 0 Å². The van der Waals surface area contributed by atoms with E-state index in [1.54, 1.807) is 0 Å². The summed E-state index contributed by atoms with van der Waals surface area (Å²) >= 11 is 8.32. The number of nitrogens with zero attached hydrogens (tertiary/aromatic N) is 2. The number of rotatable bonds is 4. The van der Waals surface area contributed by atoms with E-state index in [-0.39, 0.29) is 0 Å². The van der Waals surface area contributed by atoms with Gasteiger partial charge in [0.05, 0.1) is 9.26 Å². The van der Waals surface area contributed by atoms with Crippen molar-refractivity contribution in [1.29, 1.82) is 0 Å². The van der Waals surface area contributed by atoms with Gasteiger partial charge < -0.3 is 5.32 Å². The van der Waals surface area contributed by atoms with E-state index in [1.807, 2.05) is 31.3 Å². The van der Waals surface area contributed by atoms with Gasteiger partial charge in [0.2, 0.25) is 0 Å². The third kappa shape index (κ3) is 3.36. The highest BCUT2D eigenvalue weighted by molar-refractivity contribution is 14.1. The molecule has 2 aromatic rings. The lowest BCUT2D eigenvalue weighted by molar-refractivity contribution is 0.868. The molecule has 0 spiro atoms. The summed E-state index contributed by atoms with van der Waals surface area (Å²) in [5, 5.41) is 3.82. The molecule has 0 atom stereocenters. The lowest BCUT2D eigenvalue weighted by Crippen LogP contribution is -2.05. The van der Waals surface area contributed by atoms with Crippen LogP contribution in [0.2, 0.25) is 5.02 Å². The van der Waals surface area contributed by atoms with E-state index < -0.39 is 0 Å². The van der Waals surface area contributed by atoms with Crippen LogP contribution in [0.1, 0.15) is 19.0 Å². The van der Waals surface area contributed by atoms with Gasteiger partial charge in [0.25, 0.3) is 0 Å². The number of hydrogen-bond acceptors (Lipinski definition) is 3. The number of hydrogen-bond donors (Lipinski definition) is 1. The maximum absolute atomic E-state index is 6.03. The normalized spacial score (nSPS) is 10.5. The van der Waals surface area contributed by atoms with Crippen LogP contribution in [0.5, 0.6) is 0 Å². The summed E-state index contributed by atoms with van der Waals surface area (Å²) in [5.74, 6) is 1.59. The fourth-order valence-corrected chi connectivity index (χ4v) is 2.79. The topological polar surface area (TPSA) is 37.8 Å². The zero-order valence-corrected chi connectivity index (χ0v) is 13.8. The van der Waals surface area contributed by atoms with Gasteiger partial charge in [-0.2, -0.15) is 0 Å². The number of nitrogens with one attached hydrogen (secondary N) is 1. The molecule has 0 aliphatic rings. The second-order valence-corrected chi connectivity index (χ2v) is 5.68. The van der Waals surface area contributed by atoms with Crippen molar-refractivity contribution in [2.75, 3.05) is 12.4 Å². The fraction of sp³-hybridized carbons (Fsp3) is 0.286. The highest BCUT2D eigenvalue weighted by atomic mass is 127. The Morgan fingerprint density at radius 3 is 2.74 bits per heavy atom. The molecule has 100 valence electrons. The van der Waals surface area contributed by atoms with Crippen molar-refractivity contribution in [3.05, 3.63) is 38.6 Å². The van der Waals surface area contributed by atoms with E-state index in [1.165, 1.54) is 0 Å². The Balaban J connectivity index is 2.54. The zero-order chi connectivity index (χ0) is 13.8. The van der Waals surface area contributed by atoms with E-state index in [4.69, 9.17) is 11.6 Å². The standard InChI is InChI=1S/C14H15ClIN3/c1-3-5-11-12(16)14(17-2)19-13(18-11)9-6-4-7-10(15)8-9/h4,6-8H,3,5H2,1-2H3,(H,17,18,19). The first kappa shape index (κ1) is 14.5. The third-order valence-electron chi connectivity index (χ3n) is 2.73. The highest BCUT2D eigenvalue weighted by Gasteiger charge is 2.12. The van der Waals surface area contributed by atoms with Gasteiger partial charge in [-0.1, -0.05) is 37.1 Å². The Kier molecular flexibility index (Phi) is 4.99. The zero-order valence-electron chi connectivity index (χ0n) is 10.9. The molecule has 1 heterocycles. The van der Waals surface area contributed by atoms with Crippen molar-refractivity contribution in [3.63, 3.8) is 0 Å². The number of aryl methyl sites for hydroxylation is 1. The van der Waals surface area contributed by atoms with E-state index in [9.17, 15) is 0 Å². The molecular formula is C14H15ClIN3. The van der Waals surface area contributed by atoms with Gasteiger partial charge in [-0.3, -0.25) is 0 Å². The summed E-state index contributed by atoms with van der Waals surface area (Å²) in [6, 6.07) is 7.63. The summed E-state index contributed by atoms with van der Waals surface area (Å²) in [5.41, 5.74) is 2.02. The molecule has 0 unspecified atom stereocenters. The molecule has 1 N–H and O–H groups in total. The Hall–Kier alpha value is -0.880. The first-order valence-corrected chi connectivity index (χ1v) is 7.61. The van der Waals surface area contributed by atoms with Crippen LogP contribution >= 0.6 is 34.2 Å². The molecule has 3 nitrogen and oxygen atoms in total. The van der Waals surface area contributed by atoms with Gasteiger partial charge in [-0.15, -0.1) is 0 Å². The quantitative estimate of drug-likeness (QED) is 0.790. The van der Waals surface area contributed by atoms with Crippen molar-refractivity contribution in [2.24, 2.45) is 0 Å². The van der Waals surface area contributed by atoms with Crippen molar-refractivity contribution < 1.29 is 0 Å². The van der Waals surface area contributed by atoms with E-state index in [2.05, 4.69) is 44.8 Å². The molecule has 19 heavy (non-hydrogen) atoms. The monoisotopic (exact) mass is 387 g/mol. The molecule has 0 saturated heterocycles. The summed E-state index contributed by atoms with van der Waals surface area (Å²) in [4.78, 5) is 9.22. The van der Waals surface area contributed by atoms with Crippen LogP contribution in [0, 0.1) is 3.57 Å². The van der Waals surface area contributed by atoms with Gasteiger partial charge in [0, 0.05) is 17.6 Å². The van der Waals surface area contributed by atoms with Gasteiger partial charge in [-0.25, -0.2) is 9.97 Å². The van der Waals surface area contributed by atoms with Gasteiger partial charge in [0.15, 0.2) is 5.82 Å². The number of anilines is 1. The predicted molar refractivity (Wildman–Crippen MR) is 88.7 cm³/mol. The SMILES string of the molecule is CCCc1nc(-c2cccc(Cl)c2)nc(NC)c1I. The number of aromatic nitrogens is 2. The molecule has 0 radical (unpaired) electrons. The van der Waals surface area contributed by atoms with Crippen LogP contribution in [0.3, 0.4) is 0 Å². The molecule has 1 aromatic heterocycles. The average molecular weight is 388 g/mol. The molecule has 0 saturated carbocycles. The van der Waals surface area contributed by atoms with Crippen LogP contribution in [-0.4, -0.2) is 17.0 Å². The minimum atomic E-state index is 0.697. The van der Waals surface area contributed by atoms with Crippen LogP contribution in [0.25, 0.3) is 11.4 Å². The van der Waals surface area contributed by atoms with Crippen LogP contribution in [0.4, 0.5) is 5.82 Å². The van der Waals surface area contributed by atoms with Gasteiger partial charge in [0.1, 0.15) is 5.82 Å².